The van der Waals surface area contributed by atoms with Crippen LogP contribution in [0.3, 0.4) is 0 Å². The van der Waals surface area contributed by atoms with Gasteiger partial charge in [0.2, 0.25) is 5.91 Å². The van der Waals surface area contributed by atoms with Crippen molar-refractivity contribution < 1.29 is 32.9 Å². The average molecular weight is 1210 g/mol. The molecule has 0 saturated carbocycles. The lowest BCUT2D eigenvalue weighted by Gasteiger charge is -2.25. The molecule has 85 heavy (non-hydrogen) atoms. The van der Waals surface area contributed by atoms with Crippen LogP contribution in [0.25, 0.3) is 0 Å². The molecule has 0 heterocycles. The Balaban J connectivity index is 4.09. The van der Waals surface area contributed by atoms with Gasteiger partial charge in [-0.15, -0.1) is 0 Å². The van der Waals surface area contributed by atoms with E-state index in [-0.39, 0.29) is 19.1 Å². The molecule has 8 nitrogen and oxygen atoms in total. The molecule has 0 radical (unpaired) electrons. The Morgan fingerprint density at radius 3 is 1.08 bits per heavy atom. The van der Waals surface area contributed by atoms with Crippen molar-refractivity contribution >= 4 is 13.7 Å². The summed E-state index contributed by atoms with van der Waals surface area (Å²) in [7, 11) is 1.55. The maximum Gasteiger partial charge on any atom is 0.472 e. The maximum absolute atomic E-state index is 13.1. The fourth-order valence-corrected chi connectivity index (χ4v) is 10.9. The molecule has 0 aromatic heterocycles. The van der Waals surface area contributed by atoms with E-state index in [2.05, 4.69) is 116 Å². The molecule has 0 aliphatic carbocycles. The Morgan fingerprint density at radius 2 is 0.718 bits per heavy atom. The van der Waals surface area contributed by atoms with E-state index in [1.54, 1.807) is 6.08 Å². The van der Waals surface area contributed by atoms with Crippen molar-refractivity contribution in [1.82, 2.24) is 5.32 Å². The number of nitrogens with one attached hydrogen (secondary N) is 1. The number of quaternary nitrogens is 1. The first-order valence-corrected chi connectivity index (χ1v) is 37.3. The van der Waals surface area contributed by atoms with Crippen LogP contribution in [0.2, 0.25) is 0 Å². The number of hydrogen-bond acceptors (Lipinski definition) is 5. The van der Waals surface area contributed by atoms with Crippen molar-refractivity contribution in [3.05, 3.63) is 109 Å². The van der Waals surface area contributed by atoms with Gasteiger partial charge in [0.1, 0.15) is 13.2 Å². The van der Waals surface area contributed by atoms with Crippen molar-refractivity contribution in [3.63, 3.8) is 0 Å². The molecule has 0 aliphatic heterocycles. The number of hydrogen-bond donors (Lipinski definition) is 3. The number of phosphoric acid groups is 1. The third-order valence-electron chi connectivity index (χ3n) is 15.7. The lowest BCUT2D eigenvalue weighted by atomic mass is 10.0. The Hall–Kier alpha value is -2.84. The molecule has 0 aliphatic rings. The van der Waals surface area contributed by atoms with E-state index in [0.717, 1.165) is 83.5 Å². The van der Waals surface area contributed by atoms with Gasteiger partial charge in [0, 0.05) is 6.42 Å². The number of aliphatic hydroxyl groups excluding tert-OH is 1. The Labute approximate surface area is 527 Å². The molecule has 0 saturated heterocycles. The summed E-state index contributed by atoms with van der Waals surface area (Å²) in [6, 6.07) is -0.876. The number of carbonyl (C=O) groups is 1. The van der Waals surface area contributed by atoms with Crippen LogP contribution in [0.1, 0.15) is 316 Å². The fourth-order valence-electron chi connectivity index (χ4n) is 10.2. The molecule has 0 rings (SSSR count). The lowest BCUT2D eigenvalue weighted by Crippen LogP contribution is -2.45. The van der Waals surface area contributed by atoms with E-state index in [4.69, 9.17) is 9.05 Å². The third kappa shape index (κ3) is 68.5. The van der Waals surface area contributed by atoms with Gasteiger partial charge in [0.15, 0.2) is 0 Å². The number of amides is 1. The summed E-state index contributed by atoms with van der Waals surface area (Å²) >= 11 is 0. The summed E-state index contributed by atoms with van der Waals surface area (Å²) in [5.41, 5.74) is 0. The molecular weight excluding hydrogens is 1070 g/mol. The summed E-state index contributed by atoms with van der Waals surface area (Å²) in [5.74, 6) is -0.190. The molecule has 3 atom stereocenters. The van der Waals surface area contributed by atoms with E-state index in [9.17, 15) is 19.4 Å². The second-order valence-corrected chi connectivity index (χ2v) is 26.7. The number of likely N-dealkylation sites (N-methyl/N-ethyl adjacent to an activating group) is 1. The van der Waals surface area contributed by atoms with Gasteiger partial charge >= 0.3 is 7.82 Å². The molecule has 0 bridgehead atoms. The van der Waals surface area contributed by atoms with Crippen LogP contribution in [-0.2, 0) is 18.4 Å². The van der Waals surface area contributed by atoms with Crippen molar-refractivity contribution in [2.45, 2.75) is 328 Å². The molecule has 0 spiro atoms. The van der Waals surface area contributed by atoms with Gasteiger partial charge in [-0.3, -0.25) is 13.8 Å². The quantitative estimate of drug-likeness (QED) is 0.0243. The third-order valence-corrected chi connectivity index (χ3v) is 16.7. The van der Waals surface area contributed by atoms with Gasteiger partial charge in [-0.2, -0.15) is 0 Å². The minimum Gasteiger partial charge on any atom is -0.387 e. The van der Waals surface area contributed by atoms with Crippen molar-refractivity contribution in [2.75, 3.05) is 40.9 Å². The summed E-state index contributed by atoms with van der Waals surface area (Å²) in [6.07, 6.45) is 96.7. The molecule has 0 aromatic rings. The number of carbonyl (C=O) groups excluding carboxylic acids is 1. The molecular formula is C76H138N2O6P+. The monoisotopic (exact) mass is 1210 g/mol. The average Bonchev–Trinajstić information content (AvgIpc) is 3.49. The molecule has 3 unspecified atom stereocenters. The standard InChI is InChI=1S/C76H137N2O6P/c1-6-8-10-12-14-16-18-20-22-24-26-28-30-32-34-35-36-37-38-39-40-41-42-43-44-46-48-50-52-54-56-58-60-62-64-66-68-70-76(80)77-74(73-84-85(81,82)83-72-71-78(3,4)5)75(79)69-67-65-63-61-59-57-55-53-51-49-47-45-33-31-29-27-25-23-21-19-17-15-13-11-9-7-2/h8,10,14,16,20,22,26,28,32,34,36-37,51,53,59,61,67,69,74-75,79H,6-7,9,11-13,15,17-19,21,23-25,27,29-31,33,35,38-50,52,54-58,60,62-66,68,70-73H2,1-5H3,(H-,77,80,81,82)/p+1/b10-8-,16-14-,22-20-,28-26-,34-32-,37-36-,53-51+,61-59+,69-67+. The highest BCUT2D eigenvalue weighted by Gasteiger charge is 2.28. The van der Waals surface area contributed by atoms with Gasteiger partial charge < -0.3 is 19.8 Å². The second kappa shape index (κ2) is 65.6. The maximum atomic E-state index is 13.1. The molecule has 3 N–H and O–H groups in total. The number of nitrogens with zero attached hydrogens (tertiary/aromatic N) is 1. The van der Waals surface area contributed by atoms with Gasteiger partial charge in [-0.05, 0) is 96.3 Å². The van der Waals surface area contributed by atoms with Gasteiger partial charge in [-0.1, -0.05) is 322 Å². The van der Waals surface area contributed by atoms with Gasteiger partial charge in [0.05, 0.1) is 39.9 Å². The highest BCUT2D eigenvalue weighted by Crippen LogP contribution is 2.43. The SMILES string of the molecule is CC/C=C\C/C=C\C/C=C\C/C=C\C/C=C\C/C=C\CCCCCCCCCCCCCCCCCCCCC(=O)NC(COP(=O)(O)OCC[N+](C)(C)C)C(O)/C=C/CC/C=C/CC/C=C/CCCCCCCCCCCCCCCCCC. The second-order valence-electron chi connectivity index (χ2n) is 25.2. The minimum absolute atomic E-state index is 0.0508. The largest absolute Gasteiger partial charge is 0.472 e. The number of aliphatic hydroxyl groups is 1. The highest BCUT2D eigenvalue weighted by atomic mass is 31.2. The number of rotatable bonds is 65. The number of phosphoric ester groups is 1. The topological polar surface area (TPSA) is 105 Å². The van der Waals surface area contributed by atoms with E-state index < -0.39 is 20.0 Å². The Kier molecular flexibility index (Phi) is 63.4. The van der Waals surface area contributed by atoms with Gasteiger partial charge in [-0.25, -0.2) is 4.57 Å². The van der Waals surface area contributed by atoms with Crippen LogP contribution < -0.4 is 5.32 Å². The van der Waals surface area contributed by atoms with Crippen LogP contribution in [-0.4, -0.2) is 73.4 Å². The van der Waals surface area contributed by atoms with Crippen molar-refractivity contribution in [1.29, 1.82) is 0 Å². The first-order chi connectivity index (χ1) is 41.5. The Morgan fingerprint density at radius 1 is 0.412 bits per heavy atom. The predicted molar refractivity (Wildman–Crippen MR) is 373 cm³/mol. The summed E-state index contributed by atoms with van der Waals surface area (Å²) in [6.45, 7) is 4.70. The van der Waals surface area contributed by atoms with Crippen LogP contribution >= 0.6 is 7.82 Å². The molecule has 1 amide bonds. The predicted octanol–water partition coefficient (Wildman–Crippen LogP) is 23.1. The van der Waals surface area contributed by atoms with Crippen LogP contribution in [0.15, 0.2) is 109 Å². The van der Waals surface area contributed by atoms with Crippen molar-refractivity contribution in [3.8, 4) is 0 Å². The molecule has 9 heteroatoms. The highest BCUT2D eigenvalue weighted by molar-refractivity contribution is 7.47. The number of allylic oxidation sites excluding steroid dienone is 17. The van der Waals surface area contributed by atoms with E-state index in [0.29, 0.717) is 17.4 Å². The van der Waals surface area contributed by atoms with Crippen LogP contribution in [0, 0.1) is 0 Å². The molecule has 0 fully saturated rings. The minimum atomic E-state index is -4.37. The Bertz CT molecular complexity index is 1760. The van der Waals surface area contributed by atoms with E-state index >= 15 is 0 Å². The first kappa shape index (κ1) is 82.2. The van der Waals surface area contributed by atoms with E-state index in [1.165, 1.54) is 212 Å². The van der Waals surface area contributed by atoms with Crippen LogP contribution in [0.5, 0.6) is 0 Å². The van der Waals surface area contributed by atoms with Crippen molar-refractivity contribution in [2.24, 2.45) is 0 Å². The smallest absolute Gasteiger partial charge is 0.387 e. The normalized spacial score (nSPS) is 14.3. The summed E-state index contributed by atoms with van der Waals surface area (Å²) in [4.78, 5) is 23.4. The number of unbranched alkanes of at least 4 members (excludes halogenated alkanes) is 36. The molecule has 492 valence electrons. The fraction of sp³-hybridized carbons (Fsp3) is 0.750. The van der Waals surface area contributed by atoms with E-state index in [1.807, 2.05) is 27.2 Å². The zero-order valence-corrected chi connectivity index (χ0v) is 57.2. The first-order valence-electron chi connectivity index (χ1n) is 35.8. The van der Waals surface area contributed by atoms with Crippen LogP contribution in [0.4, 0.5) is 0 Å². The zero-order chi connectivity index (χ0) is 61.9. The van der Waals surface area contributed by atoms with Gasteiger partial charge in [0.25, 0.3) is 0 Å². The zero-order valence-electron chi connectivity index (χ0n) is 56.3. The molecule has 0 aromatic carbocycles. The lowest BCUT2D eigenvalue weighted by molar-refractivity contribution is -0.870. The summed E-state index contributed by atoms with van der Waals surface area (Å²) in [5, 5.41) is 14.0. The summed E-state index contributed by atoms with van der Waals surface area (Å²) < 4.78 is 23.8.